The third-order valence-corrected chi connectivity index (χ3v) is 4.17. The van der Waals surface area contributed by atoms with Crippen molar-refractivity contribution in [2.75, 3.05) is 5.75 Å². The van der Waals surface area contributed by atoms with Gasteiger partial charge in [-0.15, -0.1) is 0 Å². The number of hydrogen-bond acceptors (Lipinski definition) is 3. The van der Waals surface area contributed by atoms with E-state index in [4.69, 9.17) is 0 Å². The third kappa shape index (κ3) is 1.46. The lowest BCUT2D eigenvalue weighted by molar-refractivity contribution is 0.505. The average molecular weight is 275 g/mol. The second-order valence-corrected chi connectivity index (χ2v) is 5.93. The van der Waals surface area contributed by atoms with Crippen molar-refractivity contribution in [1.29, 1.82) is 0 Å². The van der Waals surface area contributed by atoms with Crippen LogP contribution in [0, 0.1) is 0 Å². The number of aliphatic hydroxyl groups excluding tert-OH is 1. The summed E-state index contributed by atoms with van der Waals surface area (Å²) in [6, 6.07) is 4.74. The molecule has 14 heavy (non-hydrogen) atoms. The van der Waals surface area contributed by atoms with Gasteiger partial charge in [0, 0.05) is 10.0 Å². The molecule has 1 aliphatic rings. The summed E-state index contributed by atoms with van der Waals surface area (Å²) < 4.78 is 23.9. The molecule has 1 aromatic rings. The first-order valence-corrected chi connectivity index (χ1v) is 6.37. The Hall–Kier alpha value is -0.810. The summed E-state index contributed by atoms with van der Waals surface area (Å²) in [6.45, 7) is 0. The Kier molecular flexibility index (Phi) is 2.16. The summed E-state index contributed by atoms with van der Waals surface area (Å²) in [7, 11) is -3.25. The van der Waals surface area contributed by atoms with Crippen LogP contribution in [0.2, 0.25) is 0 Å². The Morgan fingerprint density at radius 3 is 2.79 bits per heavy atom. The fourth-order valence-corrected chi connectivity index (χ4v) is 3.05. The molecular weight excluding hydrogens is 268 g/mol. The molecule has 0 radical (unpaired) electrons. The standard InChI is InChI=1S/C9H7BrO3S/c10-6-1-2-9-7(5-6)8(11)3-4-14(9,12)13/h1-3,5,11H,4H2. The van der Waals surface area contributed by atoms with Crippen molar-refractivity contribution < 1.29 is 13.5 Å². The van der Waals surface area contributed by atoms with E-state index in [9.17, 15) is 13.5 Å². The molecule has 0 unspecified atom stereocenters. The van der Waals surface area contributed by atoms with Gasteiger partial charge in [0.2, 0.25) is 0 Å². The quantitative estimate of drug-likeness (QED) is 0.789. The van der Waals surface area contributed by atoms with Gasteiger partial charge in [-0.2, -0.15) is 0 Å². The molecular formula is C9H7BrO3S. The number of aliphatic hydroxyl groups is 1. The van der Waals surface area contributed by atoms with E-state index in [0.29, 0.717) is 5.56 Å². The maximum Gasteiger partial charge on any atom is 0.182 e. The van der Waals surface area contributed by atoms with Gasteiger partial charge in [-0.05, 0) is 24.3 Å². The second kappa shape index (κ2) is 3.10. The highest BCUT2D eigenvalue weighted by Crippen LogP contribution is 2.30. The predicted octanol–water partition coefficient (Wildman–Crippen LogP) is 2.14. The summed E-state index contributed by atoms with van der Waals surface area (Å²) >= 11 is 3.22. The van der Waals surface area contributed by atoms with Crippen LogP contribution >= 0.6 is 15.9 Å². The molecule has 0 amide bonds. The van der Waals surface area contributed by atoms with E-state index in [0.717, 1.165) is 4.47 Å². The van der Waals surface area contributed by atoms with E-state index in [1.54, 1.807) is 12.1 Å². The van der Waals surface area contributed by atoms with Crippen LogP contribution in [0.3, 0.4) is 0 Å². The SMILES string of the molecule is O=S1(=O)CC=C(O)c2cc(Br)ccc21. The van der Waals surface area contributed by atoms with Crippen molar-refractivity contribution >= 4 is 31.5 Å². The van der Waals surface area contributed by atoms with Gasteiger partial charge in [0.1, 0.15) is 5.76 Å². The predicted molar refractivity (Wildman–Crippen MR) is 56.8 cm³/mol. The van der Waals surface area contributed by atoms with Crippen molar-refractivity contribution in [2.45, 2.75) is 4.90 Å². The van der Waals surface area contributed by atoms with E-state index in [2.05, 4.69) is 15.9 Å². The lowest BCUT2D eigenvalue weighted by atomic mass is 10.2. The van der Waals surface area contributed by atoms with E-state index < -0.39 is 9.84 Å². The molecule has 5 heteroatoms. The molecule has 0 spiro atoms. The molecule has 1 aromatic carbocycles. The molecule has 0 atom stereocenters. The summed E-state index contributed by atoms with van der Waals surface area (Å²) in [5.74, 6) is -0.107. The first-order valence-electron chi connectivity index (χ1n) is 3.92. The van der Waals surface area contributed by atoms with E-state index in [1.807, 2.05) is 0 Å². The first-order chi connectivity index (χ1) is 6.50. The van der Waals surface area contributed by atoms with Gasteiger partial charge in [-0.1, -0.05) is 15.9 Å². The summed E-state index contributed by atoms with van der Waals surface area (Å²) in [4.78, 5) is 0.195. The minimum atomic E-state index is -3.25. The van der Waals surface area contributed by atoms with Crippen molar-refractivity contribution in [1.82, 2.24) is 0 Å². The monoisotopic (exact) mass is 274 g/mol. The second-order valence-electron chi connectivity index (χ2n) is 3.01. The van der Waals surface area contributed by atoms with Crippen LogP contribution in [0.5, 0.6) is 0 Å². The van der Waals surface area contributed by atoms with E-state index >= 15 is 0 Å². The number of fused-ring (bicyclic) bond motifs is 1. The van der Waals surface area contributed by atoms with Crippen LogP contribution in [0.4, 0.5) is 0 Å². The molecule has 1 heterocycles. The third-order valence-electron chi connectivity index (χ3n) is 2.05. The molecule has 74 valence electrons. The van der Waals surface area contributed by atoms with Crippen molar-refractivity contribution in [2.24, 2.45) is 0 Å². The van der Waals surface area contributed by atoms with Crippen LogP contribution in [-0.4, -0.2) is 19.3 Å². The normalized spacial score (nSPS) is 18.5. The molecule has 0 aromatic heterocycles. The molecule has 0 bridgehead atoms. The van der Waals surface area contributed by atoms with Gasteiger partial charge in [0.05, 0.1) is 10.6 Å². The van der Waals surface area contributed by atoms with Gasteiger partial charge in [-0.25, -0.2) is 8.42 Å². The maximum atomic E-state index is 11.6. The van der Waals surface area contributed by atoms with E-state index in [1.165, 1.54) is 12.1 Å². The Bertz CT molecular complexity index is 517. The van der Waals surface area contributed by atoms with Crippen molar-refractivity contribution in [3.63, 3.8) is 0 Å². The molecule has 2 rings (SSSR count). The average Bonchev–Trinajstić information content (AvgIpc) is 2.12. The van der Waals surface area contributed by atoms with Crippen LogP contribution in [-0.2, 0) is 9.84 Å². The Morgan fingerprint density at radius 1 is 1.36 bits per heavy atom. The summed E-state index contributed by atoms with van der Waals surface area (Å²) in [5.41, 5.74) is 0.366. The number of halogens is 1. The largest absolute Gasteiger partial charge is 0.508 e. The molecule has 3 nitrogen and oxygen atoms in total. The summed E-state index contributed by atoms with van der Waals surface area (Å²) in [6.07, 6.45) is 1.31. The van der Waals surface area contributed by atoms with Crippen LogP contribution < -0.4 is 0 Å². The topological polar surface area (TPSA) is 54.4 Å². The molecule has 0 fully saturated rings. The molecule has 1 N–H and O–H groups in total. The fraction of sp³-hybridized carbons (Fsp3) is 0.111. The van der Waals surface area contributed by atoms with Gasteiger partial charge in [-0.3, -0.25) is 0 Å². The Balaban J connectivity index is 2.78. The fourth-order valence-electron chi connectivity index (χ4n) is 1.36. The van der Waals surface area contributed by atoms with Crippen LogP contribution in [0.1, 0.15) is 5.56 Å². The van der Waals surface area contributed by atoms with Crippen LogP contribution in [0.15, 0.2) is 33.6 Å². The Morgan fingerprint density at radius 2 is 2.07 bits per heavy atom. The highest BCUT2D eigenvalue weighted by atomic mass is 79.9. The zero-order chi connectivity index (χ0) is 10.3. The molecule has 0 saturated carbocycles. The van der Waals surface area contributed by atoms with E-state index in [-0.39, 0.29) is 16.4 Å². The number of hydrogen-bond donors (Lipinski definition) is 1. The zero-order valence-corrected chi connectivity index (χ0v) is 9.47. The molecule has 1 aliphatic heterocycles. The smallest absolute Gasteiger partial charge is 0.182 e. The lowest BCUT2D eigenvalue weighted by Crippen LogP contribution is -2.12. The van der Waals surface area contributed by atoms with Crippen molar-refractivity contribution in [3.05, 3.63) is 34.3 Å². The number of benzene rings is 1. The van der Waals surface area contributed by atoms with Gasteiger partial charge in [0.15, 0.2) is 9.84 Å². The van der Waals surface area contributed by atoms with Crippen molar-refractivity contribution in [3.8, 4) is 0 Å². The molecule has 0 aliphatic carbocycles. The van der Waals surface area contributed by atoms with Gasteiger partial charge < -0.3 is 5.11 Å². The first kappa shape index (κ1) is 9.73. The Labute approximate surface area is 90.1 Å². The van der Waals surface area contributed by atoms with Gasteiger partial charge >= 0.3 is 0 Å². The highest BCUT2D eigenvalue weighted by Gasteiger charge is 2.24. The summed E-state index contributed by atoms with van der Waals surface area (Å²) in [5, 5.41) is 9.49. The maximum absolute atomic E-state index is 11.6. The van der Waals surface area contributed by atoms with Gasteiger partial charge in [0.25, 0.3) is 0 Å². The highest BCUT2D eigenvalue weighted by molar-refractivity contribution is 9.10. The minimum Gasteiger partial charge on any atom is -0.508 e. The number of rotatable bonds is 0. The lowest BCUT2D eigenvalue weighted by Gasteiger charge is -2.13. The van der Waals surface area contributed by atoms with Crippen LogP contribution in [0.25, 0.3) is 5.76 Å². The minimum absolute atomic E-state index is 0.0242. The molecule has 0 saturated heterocycles. The number of sulfone groups is 1. The zero-order valence-electron chi connectivity index (χ0n) is 7.07.